The van der Waals surface area contributed by atoms with Gasteiger partial charge in [0.05, 0.1) is 0 Å². The monoisotopic (exact) mass is 164 g/mol. The van der Waals surface area contributed by atoms with E-state index in [4.69, 9.17) is 0 Å². The SMILES string of the molecule is [Na+].c1ccc(-c2ccc[cH-]2)cc1. The standard InChI is InChI=1S/C11H9.Na/c1-2-6-10(7-3-1)11-8-4-5-9-11;/h1-9H;/q-1;+1. The van der Waals surface area contributed by atoms with Gasteiger partial charge in [0.2, 0.25) is 0 Å². The molecule has 0 amide bonds. The first kappa shape index (κ1) is 9.66. The molecule has 0 atom stereocenters. The molecule has 0 aromatic heterocycles. The van der Waals surface area contributed by atoms with Crippen molar-refractivity contribution >= 4 is 0 Å². The molecule has 1 heteroatoms. The van der Waals surface area contributed by atoms with Gasteiger partial charge in [0.1, 0.15) is 0 Å². The summed E-state index contributed by atoms with van der Waals surface area (Å²) in [5.41, 5.74) is 2.59. The molecule has 2 rings (SSSR count). The van der Waals surface area contributed by atoms with Crippen molar-refractivity contribution in [1.29, 1.82) is 0 Å². The van der Waals surface area contributed by atoms with Crippen LogP contribution in [0.15, 0.2) is 54.6 Å². The van der Waals surface area contributed by atoms with Gasteiger partial charge >= 0.3 is 29.6 Å². The van der Waals surface area contributed by atoms with E-state index in [1.165, 1.54) is 11.1 Å². The summed E-state index contributed by atoms with van der Waals surface area (Å²) >= 11 is 0. The molecule has 0 radical (unpaired) electrons. The minimum atomic E-state index is 0. The van der Waals surface area contributed by atoms with E-state index < -0.39 is 0 Å². The van der Waals surface area contributed by atoms with E-state index in [1.807, 2.05) is 6.07 Å². The Morgan fingerprint density at radius 1 is 0.833 bits per heavy atom. The third kappa shape index (κ3) is 2.04. The maximum Gasteiger partial charge on any atom is 1.00 e. The quantitative estimate of drug-likeness (QED) is 0.413. The van der Waals surface area contributed by atoms with Crippen LogP contribution in [0.3, 0.4) is 0 Å². The topological polar surface area (TPSA) is 0 Å². The summed E-state index contributed by atoms with van der Waals surface area (Å²) in [6.45, 7) is 0. The van der Waals surface area contributed by atoms with Crippen LogP contribution in [0.2, 0.25) is 0 Å². The summed E-state index contributed by atoms with van der Waals surface area (Å²) in [7, 11) is 0. The van der Waals surface area contributed by atoms with E-state index in [1.54, 1.807) is 0 Å². The van der Waals surface area contributed by atoms with Crippen molar-refractivity contribution in [2.75, 3.05) is 0 Å². The van der Waals surface area contributed by atoms with Gasteiger partial charge < -0.3 is 0 Å². The van der Waals surface area contributed by atoms with Crippen LogP contribution in [0.25, 0.3) is 11.1 Å². The van der Waals surface area contributed by atoms with Gasteiger partial charge in [0.25, 0.3) is 0 Å². The first-order chi connectivity index (χ1) is 5.47. The Bertz CT molecular complexity index is 308. The van der Waals surface area contributed by atoms with Crippen molar-refractivity contribution in [3.63, 3.8) is 0 Å². The minimum Gasteiger partial charge on any atom is -0.176 e. The van der Waals surface area contributed by atoms with Crippen molar-refractivity contribution in [2.24, 2.45) is 0 Å². The third-order valence-corrected chi connectivity index (χ3v) is 1.77. The molecule has 0 nitrogen and oxygen atoms in total. The fraction of sp³-hybridized carbons (Fsp3) is 0. The van der Waals surface area contributed by atoms with Crippen LogP contribution in [0.1, 0.15) is 0 Å². The number of rotatable bonds is 1. The van der Waals surface area contributed by atoms with Crippen molar-refractivity contribution in [2.45, 2.75) is 0 Å². The molecular formula is C11H9Na. The first-order valence-corrected chi connectivity index (χ1v) is 3.74. The van der Waals surface area contributed by atoms with Gasteiger partial charge in [-0.3, -0.25) is 0 Å². The molecule has 0 fully saturated rings. The average Bonchev–Trinajstić information content (AvgIpc) is 2.58. The fourth-order valence-corrected chi connectivity index (χ4v) is 1.20. The molecule has 2 aromatic rings. The molecule has 0 spiro atoms. The maximum absolute atomic E-state index is 2.12. The van der Waals surface area contributed by atoms with Crippen molar-refractivity contribution in [3.8, 4) is 11.1 Å². The van der Waals surface area contributed by atoms with Gasteiger partial charge in [0.15, 0.2) is 0 Å². The van der Waals surface area contributed by atoms with Crippen LogP contribution in [-0.2, 0) is 0 Å². The average molecular weight is 164 g/mol. The Balaban J connectivity index is 0.000000720. The molecule has 0 aliphatic carbocycles. The van der Waals surface area contributed by atoms with Crippen LogP contribution in [0.4, 0.5) is 0 Å². The van der Waals surface area contributed by atoms with Crippen LogP contribution in [0.5, 0.6) is 0 Å². The van der Waals surface area contributed by atoms with Crippen LogP contribution >= 0.6 is 0 Å². The molecule has 0 aliphatic rings. The summed E-state index contributed by atoms with van der Waals surface area (Å²) < 4.78 is 0. The number of hydrogen-bond donors (Lipinski definition) is 0. The Kier molecular flexibility index (Phi) is 3.67. The second-order valence-electron chi connectivity index (χ2n) is 2.54. The van der Waals surface area contributed by atoms with Crippen molar-refractivity contribution in [1.82, 2.24) is 0 Å². The Hall–Kier alpha value is -0.430. The summed E-state index contributed by atoms with van der Waals surface area (Å²) in [5, 5.41) is 0. The van der Waals surface area contributed by atoms with Crippen molar-refractivity contribution in [3.05, 3.63) is 54.6 Å². The van der Waals surface area contributed by atoms with Crippen LogP contribution in [-0.4, -0.2) is 0 Å². The van der Waals surface area contributed by atoms with E-state index in [0.29, 0.717) is 0 Å². The van der Waals surface area contributed by atoms with E-state index in [-0.39, 0.29) is 29.6 Å². The third-order valence-electron chi connectivity index (χ3n) is 1.77. The van der Waals surface area contributed by atoms with E-state index in [2.05, 4.69) is 48.5 Å². The molecule has 0 heterocycles. The Morgan fingerprint density at radius 2 is 1.58 bits per heavy atom. The molecule has 0 saturated carbocycles. The molecule has 0 N–H and O–H groups in total. The predicted molar refractivity (Wildman–Crippen MR) is 47.5 cm³/mol. The van der Waals surface area contributed by atoms with Gasteiger partial charge in [-0.2, -0.15) is 23.8 Å². The second-order valence-corrected chi connectivity index (χ2v) is 2.54. The molecule has 0 bridgehead atoms. The second kappa shape index (κ2) is 4.56. The summed E-state index contributed by atoms with van der Waals surface area (Å²) in [4.78, 5) is 0. The molecule has 0 aliphatic heterocycles. The summed E-state index contributed by atoms with van der Waals surface area (Å²) in [6, 6.07) is 18.7. The minimum absolute atomic E-state index is 0. The number of hydrogen-bond acceptors (Lipinski definition) is 0. The van der Waals surface area contributed by atoms with Gasteiger partial charge in [0, 0.05) is 0 Å². The molecule has 54 valence electrons. The molecule has 0 saturated heterocycles. The molecular weight excluding hydrogens is 155 g/mol. The van der Waals surface area contributed by atoms with E-state index in [9.17, 15) is 0 Å². The van der Waals surface area contributed by atoms with Crippen LogP contribution in [0, 0.1) is 0 Å². The van der Waals surface area contributed by atoms with Gasteiger partial charge in [-0.25, -0.2) is 0 Å². The largest absolute Gasteiger partial charge is 1.00 e. The summed E-state index contributed by atoms with van der Waals surface area (Å²) in [6.07, 6.45) is 0. The number of benzene rings is 1. The smallest absolute Gasteiger partial charge is 0.176 e. The zero-order valence-electron chi connectivity index (χ0n) is 7.20. The summed E-state index contributed by atoms with van der Waals surface area (Å²) in [5.74, 6) is 0. The maximum atomic E-state index is 2.12. The van der Waals surface area contributed by atoms with E-state index in [0.717, 1.165) is 0 Å². The normalized spacial score (nSPS) is 9.00. The molecule has 0 unspecified atom stereocenters. The predicted octanol–water partition coefficient (Wildman–Crippen LogP) is 0.0765. The Morgan fingerprint density at radius 3 is 2.17 bits per heavy atom. The zero-order valence-corrected chi connectivity index (χ0v) is 9.20. The Labute approximate surface area is 94.9 Å². The van der Waals surface area contributed by atoms with Crippen LogP contribution < -0.4 is 29.6 Å². The van der Waals surface area contributed by atoms with Gasteiger partial charge in [-0.05, 0) is 0 Å². The van der Waals surface area contributed by atoms with Gasteiger partial charge in [-0.1, -0.05) is 30.3 Å². The molecule has 2 aromatic carbocycles. The fourth-order valence-electron chi connectivity index (χ4n) is 1.20. The van der Waals surface area contributed by atoms with E-state index >= 15 is 0 Å². The zero-order chi connectivity index (χ0) is 7.52. The molecule has 12 heavy (non-hydrogen) atoms. The van der Waals surface area contributed by atoms with Crippen molar-refractivity contribution < 1.29 is 29.6 Å². The first-order valence-electron chi connectivity index (χ1n) is 3.74. The van der Waals surface area contributed by atoms with Gasteiger partial charge in [-0.15, -0.1) is 11.6 Å².